The fourth-order valence-corrected chi connectivity index (χ4v) is 34.9. The first kappa shape index (κ1) is 94.9. The van der Waals surface area contributed by atoms with Crippen LogP contribution >= 0.6 is 34.8 Å². The van der Waals surface area contributed by atoms with Crippen molar-refractivity contribution in [1.82, 2.24) is 0 Å². The fraction of sp³-hybridized carbons (Fsp3) is 0.714. The van der Waals surface area contributed by atoms with Gasteiger partial charge in [-0.15, -0.1) is 41.4 Å². The van der Waals surface area contributed by atoms with Crippen LogP contribution in [0.15, 0.2) is 67.3 Å². The average Bonchev–Trinajstić information content (AvgIpc) is 0.850. The van der Waals surface area contributed by atoms with Gasteiger partial charge in [-0.2, -0.15) is 0 Å². The maximum absolute atomic E-state index is 6.94. The van der Waals surface area contributed by atoms with Crippen LogP contribution in [0.3, 0.4) is 0 Å². The number of hydrogen-bond acceptors (Lipinski definition) is 18. The molecule has 0 spiro atoms. The molecule has 0 aliphatic carbocycles. The van der Waals surface area contributed by atoms with Gasteiger partial charge in [0.1, 0.15) is 31.3 Å². The zero-order chi connectivity index (χ0) is 72.2. The van der Waals surface area contributed by atoms with Crippen LogP contribution in [0, 0.1) is 0 Å². The topological polar surface area (TPSA) is 166 Å². The molecule has 0 N–H and O–H groups in total. The molecule has 3 rings (SSSR count). The zero-order valence-electron chi connectivity index (χ0n) is 62.6. The minimum atomic E-state index is -2.36. The van der Waals surface area contributed by atoms with Gasteiger partial charge in [0.25, 0.3) is 0 Å². The number of alkyl halides is 3. The summed E-state index contributed by atoms with van der Waals surface area (Å²) < 4.78 is 105. The molecule has 0 fully saturated rings. The molecule has 0 radical (unpaired) electrons. The first-order valence-electron chi connectivity index (χ1n) is 34.1. The van der Waals surface area contributed by atoms with E-state index in [1.54, 1.807) is 35.5 Å². The van der Waals surface area contributed by atoms with Crippen LogP contribution < -0.4 is 28.4 Å². The third-order valence-electron chi connectivity index (χ3n) is 14.4. The normalized spacial score (nSPS) is 13.8. The maximum Gasteiger partial charge on any atom is 0.311 e. The van der Waals surface area contributed by atoms with Crippen molar-refractivity contribution in [3.63, 3.8) is 0 Å². The lowest BCUT2D eigenvalue weighted by Crippen LogP contribution is -2.52. The number of rotatable bonds is 53. The molecule has 0 heterocycles. The Morgan fingerprint density at radius 2 is 0.845 bits per heavy atom. The van der Waals surface area contributed by atoms with Crippen molar-refractivity contribution in [3.8, 4) is 34.5 Å². The van der Waals surface area contributed by atoms with Crippen molar-refractivity contribution >= 4 is 86.6 Å². The third-order valence-corrected chi connectivity index (χ3v) is 34.6. The molecule has 0 saturated carbocycles. The predicted molar refractivity (Wildman–Crippen MR) is 416 cm³/mol. The Balaban J connectivity index is 0.00000203. The second-order valence-corrected chi connectivity index (χ2v) is 48.6. The van der Waals surface area contributed by atoms with Crippen molar-refractivity contribution in [3.05, 3.63) is 83.9 Å². The van der Waals surface area contributed by atoms with Crippen molar-refractivity contribution in [2.45, 2.75) is 214 Å². The predicted octanol–water partition coefficient (Wildman–Crippen LogP) is 16.8. The molecular formula is C70H131Cl3O18Si6. The van der Waals surface area contributed by atoms with Gasteiger partial charge in [0, 0.05) is 50.8 Å². The highest BCUT2D eigenvalue weighted by Crippen LogP contribution is 2.33. The van der Waals surface area contributed by atoms with E-state index in [0.29, 0.717) is 107 Å². The number of methoxy groups -OCH3 is 5. The van der Waals surface area contributed by atoms with Gasteiger partial charge in [0.2, 0.25) is 0 Å². The van der Waals surface area contributed by atoms with Gasteiger partial charge in [-0.25, -0.2) is 0 Å². The molecule has 3 aromatic carbocycles. The largest absolute Gasteiger partial charge is 0.496 e. The summed E-state index contributed by atoms with van der Waals surface area (Å²) in [6.07, 6.45) is 8.05. The quantitative estimate of drug-likeness (QED) is 0.0172. The molecule has 6 atom stereocenters. The first-order chi connectivity index (χ1) is 45.4. The maximum atomic E-state index is 6.94. The average molecular weight is 1540 g/mol. The van der Waals surface area contributed by atoms with Crippen LogP contribution in [-0.4, -0.2) is 201 Å². The summed E-state index contributed by atoms with van der Waals surface area (Å²) in [5.41, 5.74) is 3.51. The summed E-state index contributed by atoms with van der Waals surface area (Å²) in [6, 6.07) is 20.2. The van der Waals surface area contributed by atoms with Crippen molar-refractivity contribution in [2.75, 3.05) is 113 Å². The second-order valence-electron chi connectivity index (χ2n) is 26.1. The van der Waals surface area contributed by atoms with E-state index in [2.05, 4.69) is 110 Å². The number of ether oxygens (including phenoxy) is 14. The summed E-state index contributed by atoms with van der Waals surface area (Å²) >= 11 is 17.0. The Morgan fingerprint density at radius 3 is 1.27 bits per heavy atom. The molecule has 18 nitrogen and oxygen atoms in total. The minimum Gasteiger partial charge on any atom is -0.496 e. The smallest absolute Gasteiger partial charge is 0.311 e. The molecule has 0 amide bonds. The Kier molecular flexibility index (Phi) is 52.5. The van der Waals surface area contributed by atoms with E-state index in [0.717, 1.165) is 73.4 Å². The van der Waals surface area contributed by atoms with Crippen LogP contribution in [0.1, 0.15) is 83.9 Å². The van der Waals surface area contributed by atoms with Gasteiger partial charge in [0.05, 0.1) is 85.4 Å². The molecule has 0 aliphatic heterocycles. The van der Waals surface area contributed by atoms with E-state index >= 15 is 0 Å². The molecule has 27 heteroatoms. The van der Waals surface area contributed by atoms with E-state index < -0.39 is 51.8 Å². The van der Waals surface area contributed by atoms with Crippen LogP contribution in [0.2, 0.25) is 90.7 Å². The molecule has 6 unspecified atom stereocenters. The SMILES string of the molecule is C.C=CCc1ccc(OCCOC(C)CC(OC)OCCCl)c(OC)c1.COc1cc(OCCOC(C)CC(C)OCCCl)ccc1CCC[Si](C)(C)O[Si](C)(C)O[Si](C)(C)CCCc1ccc(OCCOC(C)CC(OC)OCCCl)c(OC)c1.C[SiH](C)O[Si](C)(C)O[SiH](C)C. The molecule has 0 bridgehead atoms. The second kappa shape index (κ2) is 53.6. The highest BCUT2D eigenvalue weighted by atomic mass is 35.5. The zero-order valence-corrected chi connectivity index (χ0v) is 71.2. The molecule has 564 valence electrons. The minimum absolute atomic E-state index is 0. The number of benzene rings is 3. The first-order valence-corrected chi connectivity index (χ1v) is 53.1. The third kappa shape index (κ3) is 46.3. The van der Waals surface area contributed by atoms with Crippen LogP contribution in [0.25, 0.3) is 0 Å². The van der Waals surface area contributed by atoms with Gasteiger partial charge < -0.3 is 82.8 Å². The molecule has 0 aromatic heterocycles. The number of aryl methyl sites for hydroxylation is 2. The van der Waals surface area contributed by atoms with E-state index in [-0.39, 0.29) is 44.4 Å². The Hall–Kier alpha value is -2.11. The highest BCUT2D eigenvalue weighted by molar-refractivity contribution is 6.87. The van der Waals surface area contributed by atoms with Gasteiger partial charge >= 0.3 is 17.1 Å². The summed E-state index contributed by atoms with van der Waals surface area (Å²) in [7, 11) is -1.59. The van der Waals surface area contributed by atoms with Gasteiger partial charge in [-0.3, -0.25) is 0 Å². The Bertz CT molecular complexity index is 2460. The van der Waals surface area contributed by atoms with Gasteiger partial charge in [0.15, 0.2) is 70.3 Å². The lowest BCUT2D eigenvalue weighted by atomic mass is 10.1. The highest BCUT2D eigenvalue weighted by Gasteiger charge is 2.39. The lowest BCUT2D eigenvalue weighted by Gasteiger charge is -2.39. The number of halogens is 3. The molecule has 97 heavy (non-hydrogen) atoms. The number of allylic oxidation sites excluding steroid dienone is 1. The van der Waals surface area contributed by atoms with Crippen molar-refractivity contribution < 1.29 is 82.8 Å². The summed E-state index contributed by atoms with van der Waals surface area (Å²) in [5, 5.41) is 0. The van der Waals surface area contributed by atoms with Crippen LogP contribution in [-0.2, 0) is 73.6 Å². The Labute approximate surface area is 610 Å². The molecule has 0 aliphatic rings. The fourth-order valence-electron chi connectivity index (χ4n) is 10.7. The lowest BCUT2D eigenvalue weighted by molar-refractivity contribution is -0.142. The molecule has 0 saturated heterocycles. The molecule has 3 aromatic rings. The molecular weight excluding hydrogens is 1400 g/mol. The van der Waals surface area contributed by atoms with E-state index in [1.165, 1.54) is 11.1 Å². The standard InChI is InChI=1S/C44H78Cl2O11Si3.C19H29ClO5.C6H20O2Si3.CH4/c1-35(50-23-21-45)31-36(2)51-25-27-53-40-19-18-39(42(34-40)47-4)16-14-30-59(9,10)57-60(11,12)56-58(7,8)29-13-15-38-17-20-41(43(33-38)48-5)54-28-26-52-37(3)32-44(49-6)55-24-22-46;1-5-6-16-7-8-17(18(14-16)21-3)24-12-11-23-15(2)13-19(22-4)25-10-9-20;1-9(2)7-11(5,6)8-10(3)4;/h17-20,33-37,44H,13-16,21-32H2,1-12H3;5,7-8,14-15,19H,1,6,9-13H2,2-4H3;9-10H,1-6H3;1H4. The van der Waals surface area contributed by atoms with E-state index in [9.17, 15) is 0 Å². The van der Waals surface area contributed by atoms with Gasteiger partial charge in [-0.1, -0.05) is 31.7 Å². The van der Waals surface area contributed by atoms with Crippen molar-refractivity contribution in [1.29, 1.82) is 0 Å². The van der Waals surface area contributed by atoms with Crippen molar-refractivity contribution in [2.24, 2.45) is 0 Å². The van der Waals surface area contributed by atoms with E-state index in [4.69, 9.17) is 118 Å². The van der Waals surface area contributed by atoms with E-state index in [1.807, 2.05) is 63.2 Å². The summed E-state index contributed by atoms with van der Waals surface area (Å²) in [4.78, 5) is 0. The Morgan fingerprint density at radius 1 is 0.443 bits per heavy atom. The van der Waals surface area contributed by atoms with Crippen LogP contribution in [0.5, 0.6) is 34.5 Å². The number of hydrogen-bond donors (Lipinski definition) is 0. The van der Waals surface area contributed by atoms with Gasteiger partial charge in [-0.05, 0) is 204 Å². The summed E-state index contributed by atoms with van der Waals surface area (Å²) in [6.45, 7) is 42.7. The summed E-state index contributed by atoms with van der Waals surface area (Å²) in [5.74, 6) is 5.81. The van der Waals surface area contributed by atoms with Crippen LogP contribution in [0.4, 0.5) is 0 Å². The monoisotopic (exact) mass is 1530 g/mol.